The van der Waals surface area contributed by atoms with Crippen LogP contribution in [0, 0.1) is 0 Å². The topological polar surface area (TPSA) is 221 Å². The number of carbonyl (C=O) groups is 7. The summed E-state index contributed by atoms with van der Waals surface area (Å²) < 4.78 is 18.8. The maximum absolute atomic E-state index is 11.4. The number of nitrogens with one attached hydrogen (secondary N) is 2. The Hall–Kier alpha value is -5.47. The Morgan fingerprint density at radius 1 is 0.565 bits per heavy atom. The Morgan fingerprint density at radius 3 is 1.37 bits per heavy atom. The van der Waals surface area contributed by atoms with Crippen molar-refractivity contribution in [3.8, 4) is 0 Å². The number of ketones is 1. The molecular formula is C31H40N2O13. The summed E-state index contributed by atoms with van der Waals surface area (Å²) in [7, 11) is 0. The van der Waals surface area contributed by atoms with Crippen LogP contribution in [0.1, 0.15) is 50.7 Å². The quantitative estimate of drug-likeness (QED) is 0.117. The summed E-state index contributed by atoms with van der Waals surface area (Å²) in [4.78, 5) is 75.1. The molecule has 0 atom stereocenters. The fourth-order valence-corrected chi connectivity index (χ4v) is 2.92. The highest BCUT2D eigenvalue weighted by Crippen LogP contribution is 2.01. The van der Waals surface area contributed by atoms with E-state index < -0.39 is 42.5 Å². The standard InChI is InChI=1S/C15H19NO5.C11H13NO4.C5H8O4/c1-2-20-14(18)10-13(17)8-9-16-15(19)21-11-12-6-4-3-5-7-12;13-10(14)6-7-12-11(15)16-8-9-4-2-1-3-5-9;1-2-9-5(8)3-4(6)7/h3-7H,2,8-11H2,1H3,(H,16,19);1-5H,6-8H2,(H,12,15)(H,13,14);2-3H2,1H3,(H,6,7). The average molecular weight is 649 g/mol. The van der Waals surface area contributed by atoms with E-state index in [4.69, 9.17) is 19.7 Å². The lowest BCUT2D eigenvalue weighted by molar-refractivity contribution is -0.151. The molecule has 0 aromatic heterocycles. The number of amides is 2. The number of alkyl carbamates (subject to hydrolysis) is 2. The van der Waals surface area contributed by atoms with E-state index in [9.17, 15) is 33.6 Å². The number of rotatable bonds is 16. The van der Waals surface area contributed by atoms with Crippen molar-refractivity contribution in [3.63, 3.8) is 0 Å². The van der Waals surface area contributed by atoms with E-state index in [1.165, 1.54) is 0 Å². The first-order chi connectivity index (χ1) is 22.0. The Bertz CT molecular complexity index is 1220. The number of Topliss-reactive ketones (excluding diaryl/α,β-unsaturated/α-hetero) is 1. The molecule has 0 spiro atoms. The summed E-state index contributed by atoms with van der Waals surface area (Å²) in [6, 6.07) is 18.5. The van der Waals surface area contributed by atoms with Crippen LogP contribution in [-0.4, -0.2) is 78.4 Å². The number of aliphatic carboxylic acids is 2. The zero-order valence-corrected chi connectivity index (χ0v) is 25.7. The van der Waals surface area contributed by atoms with Gasteiger partial charge in [0.1, 0.15) is 31.8 Å². The largest absolute Gasteiger partial charge is 0.481 e. The second-order valence-corrected chi connectivity index (χ2v) is 8.77. The lowest BCUT2D eigenvalue weighted by atomic mass is 10.2. The Labute approximate surface area is 266 Å². The van der Waals surface area contributed by atoms with Gasteiger partial charge < -0.3 is 39.8 Å². The molecule has 0 aliphatic heterocycles. The highest BCUT2D eigenvalue weighted by Gasteiger charge is 2.11. The molecule has 252 valence electrons. The van der Waals surface area contributed by atoms with Crippen molar-refractivity contribution >= 4 is 41.8 Å². The highest BCUT2D eigenvalue weighted by molar-refractivity contribution is 5.95. The van der Waals surface area contributed by atoms with E-state index in [1.54, 1.807) is 13.8 Å². The van der Waals surface area contributed by atoms with Gasteiger partial charge in [-0.05, 0) is 25.0 Å². The number of hydrogen-bond acceptors (Lipinski definition) is 11. The first-order valence-electron chi connectivity index (χ1n) is 14.1. The third kappa shape index (κ3) is 25.1. The molecule has 4 N–H and O–H groups in total. The van der Waals surface area contributed by atoms with Gasteiger partial charge in [0.15, 0.2) is 0 Å². The van der Waals surface area contributed by atoms with Crippen molar-refractivity contribution < 1.29 is 62.7 Å². The van der Waals surface area contributed by atoms with Gasteiger partial charge in [0.25, 0.3) is 0 Å². The van der Waals surface area contributed by atoms with Gasteiger partial charge in [0.2, 0.25) is 0 Å². The van der Waals surface area contributed by atoms with Crippen LogP contribution in [0.15, 0.2) is 60.7 Å². The molecule has 15 heteroatoms. The second-order valence-electron chi connectivity index (χ2n) is 8.77. The maximum atomic E-state index is 11.4. The molecule has 0 saturated carbocycles. The predicted molar refractivity (Wildman–Crippen MR) is 161 cm³/mol. The van der Waals surface area contributed by atoms with Crippen molar-refractivity contribution in [2.24, 2.45) is 0 Å². The summed E-state index contributed by atoms with van der Waals surface area (Å²) in [5.74, 6) is -3.63. The first kappa shape index (κ1) is 40.5. The van der Waals surface area contributed by atoms with Crippen LogP contribution < -0.4 is 10.6 Å². The van der Waals surface area contributed by atoms with Crippen LogP contribution >= 0.6 is 0 Å². The highest BCUT2D eigenvalue weighted by atomic mass is 16.6. The Balaban J connectivity index is 0.000000715. The third-order valence-electron chi connectivity index (χ3n) is 4.95. The number of carboxylic acid groups (broad SMARTS) is 2. The molecule has 0 aliphatic rings. The fraction of sp³-hybridized carbons (Fsp3) is 0.387. The van der Waals surface area contributed by atoms with Gasteiger partial charge in [-0.2, -0.15) is 0 Å². The number of benzene rings is 2. The number of ether oxygens (including phenoxy) is 4. The van der Waals surface area contributed by atoms with E-state index in [0.717, 1.165) is 11.1 Å². The first-order valence-corrected chi connectivity index (χ1v) is 14.1. The molecule has 2 rings (SSSR count). The minimum atomic E-state index is -1.16. The molecule has 2 aromatic carbocycles. The molecule has 2 amide bonds. The SMILES string of the molecule is CCOC(=O)CC(=O)CCNC(=O)OCc1ccccc1.CCOC(=O)CC(=O)O.O=C(O)CCNC(=O)OCc1ccccc1. The maximum Gasteiger partial charge on any atom is 0.407 e. The third-order valence-corrected chi connectivity index (χ3v) is 4.95. The van der Waals surface area contributed by atoms with Crippen molar-refractivity contribution in [3.05, 3.63) is 71.8 Å². The molecule has 0 unspecified atom stereocenters. The summed E-state index contributed by atoms with van der Waals surface area (Å²) >= 11 is 0. The molecule has 46 heavy (non-hydrogen) atoms. The van der Waals surface area contributed by atoms with Gasteiger partial charge in [-0.15, -0.1) is 0 Å². The van der Waals surface area contributed by atoms with Gasteiger partial charge in [-0.25, -0.2) is 9.59 Å². The summed E-state index contributed by atoms with van der Waals surface area (Å²) in [6.07, 6.45) is -2.06. The van der Waals surface area contributed by atoms with E-state index in [0.29, 0.717) is 0 Å². The fourth-order valence-electron chi connectivity index (χ4n) is 2.92. The smallest absolute Gasteiger partial charge is 0.407 e. The summed E-state index contributed by atoms with van der Waals surface area (Å²) in [5, 5.41) is 21.1. The monoisotopic (exact) mass is 648 g/mol. The average Bonchev–Trinajstić information content (AvgIpc) is 3.00. The van der Waals surface area contributed by atoms with Crippen LogP contribution in [0.3, 0.4) is 0 Å². The Morgan fingerprint density at radius 2 is 0.978 bits per heavy atom. The predicted octanol–water partition coefficient (Wildman–Crippen LogP) is 3.24. The van der Waals surface area contributed by atoms with Crippen molar-refractivity contribution in [1.82, 2.24) is 10.6 Å². The minimum Gasteiger partial charge on any atom is -0.481 e. The van der Waals surface area contributed by atoms with E-state index in [-0.39, 0.29) is 64.6 Å². The zero-order valence-electron chi connectivity index (χ0n) is 25.7. The molecule has 2 aromatic rings. The van der Waals surface area contributed by atoms with Gasteiger partial charge in [0.05, 0.1) is 19.6 Å². The molecule has 0 aliphatic carbocycles. The van der Waals surface area contributed by atoms with Gasteiger partial charge in [0, 0.05) is 19.5 Å². The van der Waals surface area contributed by atoms with Crippen LogP contribution in [-0.2, 0) is 56.1 Å². The molecule has 0 saturated heterocycles. The minimum absolute atomic E-state index is 0.0687. The Kier molecular flexibility index (Phi) is 22.9. The lowest BCUT2D eigenvalue weighted by Crippen LogP contribution is -2.27. The number of carboxylic acids is 2. The van der Waals surface area contributed by atoms with Crippen molar-refractivity contribution in [2.75, 3.05) is 26.3 Å². The van der Waals surface area contributed by atoms with Crippen LogP contribution in [0.2, 0.25) is 0 Å². The second kappa shape index (κ2) is 26.0. The van der Waals surface area contributed by atoms with Crippen LogP contribution in [0.5, 0.6) is 0 Å². The van der Waals surface area contributed by atoms with E-state index in [1.807, 2.05) is 60.7 Å². The summed E-state index contributed by atoms with van der Waals surface area (Å²) in [5.41, 5.74) is 1.77. The van der Waals surface area contributed by atoms with Gasteiger partial charge in [-0.1, -0.05) is 60.7 Å². The normalized spacial score (nSPS) is 9.43. The molecule has 0 heterocycles. The van der Waals surface area contributed by atoms with E-state index >= 15 is 0 Å². The molecule has 0 bridgehead atoms. The van der Waals surface area contributed by atoms with Crippen LogP contribution in [0.4, 0.5) is 9.59 Å². The van der Waals surface area contributed by atoms with E-state index in [2.05, 4.69) is 20.1 Å². The van der Waals surface area contributed by atoms with Crippen molar-refractivity contribution in [1.29, 1.82) is 0 Å². The van der Waals surface area contributed by atoms with Gasteiger partial charge in [-0.3, -0.25) is 24.0 Å². The molecular weight excluding hydrogens is 608 g/mol. The van der Waals surface area contributed by atoms with Crippen LogP contribution in [0.25, 0.3) is 0 Å². The summed E-state index contributed by atoms with van der Waals surface area (Å²) in [6.45, 7) is 4.33. The van der Waals surface area contributed by atoms with Crippen molar-refractivity contribution in [2.45, 2.75) is 52.7 Å². The number of esters is 2. The zero-order chi connectivity index (χ0) is 34.6. The lowest BCUT2D eigenvalue weighted by Gasteiger charge is -2.06. The number of hydrogen-bond donors (Lipinski definition) is 4. The molecule has 0 fully saturated rings. The molecule has 0 radical (unpaired) electrons. The molecule has 15 nitrogen and oxygen atoms in total. The number of carbonyl (C=O) groups excluding carboxylic acids is 5. The van der Waals surface area contributed by atoms with Gasteiger partial charge >= 0.3 is 36.1 Å².